The van der Waals surface area contributed by atoms with E-state index in [0.717, 1.165) is 43.0 Å². The van der Waals surface area contributed by atoms with Crippen LogP contribution >= 0.6 is 0 Å². The van der Waals surface area contributed by atoms with Crippen molar-refractivity contribution in [2.24, 2.45) is 5.92 Å². The van der Waals surface area contributed by atoms with Gasteiger partial charge in [0.25, 0.3) is 5.91 Å². The molecule has 0 spiro atoms. The molecule has 162 valence electrons. The van der Waals surface area contributed by atoms with Gasteiger partial charge in [-0.3, -0.25) is 9.78 Å². The Morgan fingerprint density at radius 3 is 2.81 bits per heavy atom. The molecule has 31 heavy (non-hydrogen) atoms. The van der Waals surface area contributed by atoms with Crippen LogP contribution in [0.25, 0.3) is 11.4 Å². The molecular formula is C23H27N5O3. The Kier molecular flexibility index (Phi) is 6.16. The van der Waals surface area contributed by atoms with Crippen LogP contribution in [0.15, 0.2) is 42.9 Å². The summed E-state index contributed by atoms with van der Waals surface area (Å²) in [5, 5.41) is 0. The lowest BCUT2D eigenvalue weighted by Gasteiger charge is -2.33. The molecule has 0 aromatic carbocycles. The van der Waals surface area contributed by atoms with Gasteiger partial charge in [0.2, 0.25) is 11.8 Å². The van der Waals surface area contributed by atoms with Gasteiger partial charge in [-0.25, -0.2) is 4.98 Å². The molecule has 0 radical (unpaired) electrons. The lowest BCUT2D eigenvalue weighted by molar-refractivity contribution is 0.0658. The molecule has 1 fully saturated rings. The molecule has 0 aliphatic carbocycles. The van der Waals surface area contributed by atoms with E-state index in [2.05, 4.69) is 26.4 Å². The van der Waals surface area contributed by atoms with Gasteiger partial charge in [0.15, 0.2) is 0 Å². The Hall–Kier alpha value is -3.42. The number of ether oxygens (including phenoxy) is 2. The molecule has 0 N–H and O–H groups in total. The minimum Gasteiger partial charge on any atom is -0.481 e. The summed E-state index contributed by atoms with van der Waals surface area (Å²) in [5.74, 6) is 1.89. The fourth-order valence-electron chi connectivity index (χ4n) is 4.10. The first-order chi connectivity index (χ1) is 15.1. The average Bonchev–Trinajstić information content (AvgIpc) is 3.18. The third kappa shape index (κ3) is 4.38. The van der Waals surface area contributed by atoms with Gasteiger partial charge in [-0.1, -0.05) is 0 Å². The van der Waals surface area contributed by atoms with Crippen LogP contribution in [-0.4, -0.2) is 57.6 Å². The quantitative estimate of drug-likeness (QED) is 0.608. The van der Waals surface area contributed by atoms with Crippen molar-refractivity contribution >= 4 is 5.91 Å². The number of carbonyl (C=O) groups is 1. The summed E-state index contributed by atoms with van der Waals surface area (Å²) in [6.45, 7) is 4.27. The molecule has 0 saturated carbocycles. The number of piperidine rings is 1. The topological polar surface area (TPSA) is 82.4 Å². The van der Waals surface area contributed by atoms with E-state index >= 15 is 0 Å². The number of imidazole rings is 1. The lowest BCUT2D eigenvalue weighted by atomic mass is 9.97. The fourth-order valence-corrected chi connectivity index (χ4v) is 4.10. The number of methoxy groups -OCH3 is 2. The Morgan fingerprint density at radius 2 is 2.06 bits per heavy atom. The highest BCUT2D eigenvalue weighted by molar-refractivity contribution is 5.96. The third-order valence-electron chi connectivity index (χ3n) is 5.69. The molecule has 8 nitrogen and oxygen atoms in total. The number of aryl methyl sites for hydroxylation is 1. The number of pyridine rings is 2. The van der Waals surface area contributed by atoms with Gasteiger partial charge in [0.05, 0.1) is 14.2 Å². The highest BCUT2D eigenvalue weighted by Crippen LogP contribution is 2.27. The monoisotopic (exact) mass is 421 g/mol. The second kappa shape index (κ2) is 9.16. The largest absolute Gasteiger partial charge is 0.481 e. The molecule has 0 bridgehead atoms. The second-order valence-corrected chi connectivity index (χ2v) is 7.75. The Labute approximate surface area is 181 Å². The predicted molar refractivity (Wildman–Crippen MR) is 116 cm³/mol. The van der Waals surface area contributed by atoms with Gasteiger partial charge in [-0.15, -0.1) is 0 Å². The van der Waals surface area contributed by atoms with Crippen molar-refractivity contribution in [3.05, 3.63) is 54.1 Å². The number of nitrogens with zero attached hydrogens (tertiary/aromatic N) is 5. The normalized spacial score (nSPS) is 16.2. The standard InChI is InChI=1S/C23H27N5O3/c1-16-12-25-21(18-7-4-10-24-13-18)28(16)15-17-6-5-11-27(14-17)23(29)19-8-9-20(30-2)26-22(19)31-3/h4,7-10,12-13,17H,5-6,11,14-15H2,1-3H3. The van der Waals surface area contributed by atoms with E-state index in [4.69, 9.17) is 9.47 Å². The predicted octanol–water partition coefficient (Wildman–Crippen LogP) is 3.22. The molecular weight excluding hydrogens is 394 g/mol. The summed E-state index contributed by atoms with van der Waals surface area (Å²) < 4.78 is 12.7. The molecule has 8 heteroatoms. The maximum absolute atomic E-state index is 13.2. The SMILES string of the molecule is COc1ccc(C(=O)N2CCCC(Cn3c(C)cnc3-c3cccnc3)C2)c(OC)n1. The first-order valence-corrected chi connectivity index (χ1v) is 10.4. The summed E-state index contributed by atoms with van der Waals surface area (Å²) in [5.41, 5.74) is 2.55. The maximum Gasteiger partial charge on any atom is 0.259 e. The summed E-state index contributed by atoms with van der Waals surface area (Å²) in [7, 11) is 3.05. The molecule has 3 aromatic rings. The van der Waals surface area contributed by atoms with Gasteiger partial charge in [-0.2, -0.15) is 4.98 Å². The average molecular weight is 422 g/mol. The summed E-state index contributed by atoms with van der Waals surface area (Å²) >= 11 is 0. The lowest BCUT2D eigenvalue weighted by Crippen LogP contribution is -2.41. The fraction of sp³-hybridized carbons (Fsp3) is 0.391. The van der Waals surface area contributed by atoms with Crippen molar-refractivity contribution < 1.29 is 14.3 Å². The molecule has 3 aromatic heterocycles. The maximum atomic E-state index is 13.2. The van der Waals surface area contributed by atoms with Crippen molar-refractivity contribution in [2.75, 3.05) is 27.3 Å². The molecule has 1 aliphatic heterocycles. The number of hydrogen-bond acceptors (Lipinski definition) is 6. The molecule has 1 amide bonds. The van der Waals surface area contributed by atoms with E-state index in [1.807, 2.05) is 29.4 Å². The van der Waals surface area contributed by atoms with Crippen molar-refractivity contribution in [1.82, 2.24) is 24.4 Å². The Balaban J connectivity index is 1.52. The molecule has 1 atom stereocenters. The van der Waals surface area contributed by atoms with E-state index in [1.54, 1.807) is 18.3 Å². The van der Waals surface area contributed by atoms with E-state index in [9.17, 15) is 4.79 Å². The first-order valence-electron chi connectivity index (χ1n) is 10.4. The highest BCUT2D eigenvalue weighted by atomic mass is 16.5. The van der Waals surface area contributed by atoms with Crippen molar-refractivity contribution in [3.8, 4) is 23.1 Å². The van der Waals surface area contributed by atoms with Crippen molar-refractivity contribution in [1.29, 1.82) is 0 Å². The molecule has 1 saturated heterocycles. The second-order valence-electron chi connectivity index (χ2n) is 7.75. The van der Waals surface area contributed by atoms with Gasteiger partial charge in [-0.05, 0) is 43.9 Å². The number of amides is 1. The minimum atomic E-state index is -0.0634. The molecule has 4 rings (SSSR count). The number of aromatic nitrogens is 4. The van der Waals surface area contributed by atoms with E-state index in [-0.39, 0.29) is 11.8 Å². The number of carbonyl (C=O) groups excluding carboxylic acids is 1. The summed E-state index contributed by atoms with van der Waals surface area (Å²) in [4.78, 5) is 28.2. The number of hydrogen-bond donors (Lipinski definition) is 0. The van der Waals surface area contributed by atoms with Crippen LogP contribution in [0.2, 0.25) is 0 Å². The zero-order chi connectivity index (χ0) is 21.8. The Bertz CT molecular complexity index is 1050. The minimum absolute atomic E-state index is 0.0634. The van der Waals surface area contributed by atoms with Crippen LogP contribution in [0.4, 0.5) is 0 Å². The van der Waals surface area contributed by atoms with E-state index in [1.165, 1.54) is 14.2 Å². The summed E-state index contributed by atoms with van der Waals surface area (Å²) in [6.07, 6.45) is 7.50. The van der Waals surface area contributed by atoms with E-state index in [0.29, 0.717) is 23.9 Å². The van der Waals surface area contributed by atoms with Crippen molar-refractivity contribution in [2.45, 2.75) is 26.3 Å². The third-order valence-corrected chi connectivity index (χ3v) is 5.69. The van der Waals surface area contributed by atoms with Crippen LogP contribution in [0.3, 0.4) is 0 Å². The molecule has 1 unspecified atom stereocenters. The molecule has 1 aliphatic rings. The smallest absolute Gasteiger partial charge is 0.259 e. The number of likely N-dealkylation sites (tertiary alicyclic amines) is 1. The Morgan fingerprint density at radius 1 is 1.19 bits per heavy atom. The van der Waals surface area contributed by atoms with Gasteiger partial charge in [0.1, 0.15) is 11.4 Å². The van der Waals surface area contributed by atoms with Crippen LogP contribution in [0.1, 0.15) is 28.9 Å². The van der Waals surface area contributed by atoms with Gasteiger partial charge in [0, 0.05) is 55.5 Å². The first kappa shape index (κ1) is 20.8. The van der Waals surface area contributed by atoms with Crippen LogP contribution < -0.4 is 9.47 Å². The van der Waals surface area contributed by atoms with Crippen LogP contribution in [0.5, 0.6) is 11.8 Å². The van der Waals surface area contributed by atoms with E-state index < -0.39 is 0 Å². The summed E-state index contributed by atoms with van der Waals surface area (Å²) in [6, 6.07) is 7.34. The van der Waals surface area contributed by atoms with Crippen molar-refractivity contribution in [3.63, 3.8) is 0 Å². The van der Waals surface area contributed by atoms with Crippen LogP contribution in [0, 0.1) is 12.8 Å². The van der Waals surface area contributed by atoms with Gasteiger partial charge < -0.3 is 18.9 Å². The van der Waals surface area contributed by atoms with Crippen LogP contribution in [-0.2, 0) is 6.54 Å². The zero-order valence-corrected chi connectivity index (χ0v) is 18.1. The van der Waals surface area contributed by atoms with Gasteiger partial charge >= 0.3 is 0 Å². The number of rotatable bonds is 6. The zero-order valence-electron chi connectivity index (χ0n) is 18.1. The highest BCUT2D eigenvalue weighted by Gasteiger charge is 2.28. The molecule has 4 heterocycles.